The molecule has 1 atom stereocenters. The Kier molecular flexibility index (Phi) is 6.46. The number of ether oxygens (including phenoxy) is 1. The summed E-state index contributed by atoms with van der Waals surface area (Å²) in [4.78, 5) is 35.4. The van der Waals surface area contributed by atoms with Gasteiger partial charge in [-0.25, -0.2) is 18.7 Å². The molecule has 1 saturated heterocycles. The maximum Gasteiger partial charge on any atom is 0.275 e. The second-order valence-electron chi connectivity index (χ2n) is 7.19. The monoisotopic (exact) mass is 438 g/mol. The van der Waals surface area contributed by atoms with Crippen LogP contribution in [0.4, 0.5) is 8.78 Å². The van der Waals surface area contributed by atoms with Crippen molar-refractivity contribution in [2.75, 3.05) is 19.7 Å². The van der Waals surface area contributed by atoms with Gasteiger partial charge < -0.3 is 15.0 Å². The molecule has 1 fully saturated rings. The molecule has 1 aliphatic heterocycles. The Morgan fingerprint density at radius 3 is 2.50 bits per heavy atom. The summed E-state index contributed by atoms with van der Waals surface area (Å²) < 4.78 is 32.9. The predicted molar refractivity (Wildman–Crippen MR) is 111 cm³/mol. The van der Waals surface area contributed by atoms with Gasteiger partial charge in [-0.15, -0.1) is 0 Å². The standard InChI is InChI=1S/C23H20F2N4O3/c24-16-7-5-15(6-8-16)13-28-22(30)20-21(27-10-9-26-20)23(31)29-11-12-32-19(14-29)17-3-1-2-4-18(17)25/h1-10,19H,11-14H2,(H,28,30). The Morgan fingerprint density at radius 2 is 1.75 bits per heavy atom. The Bertz CT molecular complexity index is 1120. The lowest BCUT2D eigenvalue weighted by Gasteiger charge is -2.33. The molecule has 0 aliphatic carbocycles. The van der Waals surface area contributed by atoms with E-state index >= 15 is 0 Å². The van der Waals surface area contributed by atoms with Crippen LogP contribution in [0.1, 0.15) is 38.2 Å². The first-order valence-electron chi connectivity index (χ1n) is 10.0. The highest BCUT2D eigenvalue weighted by molar-refractivity contribution is 6.04. The van der Waals surface area contributed by atoms with Crippen molar-refractivity contribution in [1.29, 1.82) is 0 Å². The third-order valence-corrected chi connectivity index (χ3v) is 5.09. The van der Waals surface area contributed by atoms with Gasteiger partial charge in [0.25, 0.3) is 11.8 Å². The molecule has 1 N–H and O–H groups in total. The number of nitrogens with zero attached hydrogens (tertiary/aromatic N) is 3. The van der Waals surface area contributed by atoms with E-state index < -0.39 is 23.7 Å². The van der Waals surface area contributed by atoms with Crippen LogP contribution < -0.4 is 5.32 Å². The molecule has 1 aliphatic rings. The van der Waals surface area contributed by atoms with Crippen molar-refractivity contribution in [1.82, 2.24) is 20.2 Å². The molecule has 1 aromatic heterocycles. The van der Waals surface area contributed by atoms with E-state index in [2.05, 4.69) is 15.3 Å². The minimum absolute atomic E-state index is 0.0988. The highest BCUT2D eigenvalue weighted by Gasteiger charge is 2.31. The van der Waals surface area contributed by atoms with E-state index in [1.165, 1.54) is 35.5 Å². The molecule has 164 valence electrons. The molecule has 9 heteroatoms. The van der Waals surface area contributed by atoms with Crippen molar-refractivity contribution in [3.05, 3.63) is 95.1 Å². The van der Waals surface area contributed by atoms with Crippen LogP contribution in [-0.4, -0.2) is 46.4 Å². The van der Waals surface area contributed by atoms with Gasteiger partial charge in [0.15, 0.2) is 11.4 Å². The van der Waals surface area contributed by atoms with Gasteiger partial charge in [-0.1, -0.05) is 30.3 Å². The van der Waals surface area contributed by atoms with E-state index in [4.69, 9.17) is 4.74 Å². The molecule has 2 amide bonds. The smallest absolute Gasteiger partial charge is 0.275 e. The lowest BCUT2D eigenvalue weighted by atomic mass is 10.1. The molecular weight excluding hydrogens is 418 g/mol. The van der Waals surface area contributed by atoms with Gasteiger partial charge in [0, 0.05) is 31.0 Å². The van der Waals surface area contributed by atoms with E-state index in [-0.39, 0.29) is 43.4 Å². The molecule has 0 spiro atoms. The molecule has 7 nitrogen and oxygen atoms in total. The summed E-state index contributed by atoms with van der Waals surface area (Å²) >= 11 is 0. The Hall–Kier alpha value is -3.72. The molecule has 0 saturated carbocycles. The van der Waals surface area contributed by atoms with Gasteiger partial charge in [-0.3, -0.25) is 9.59 Å². The maximum absolute atomic E-state index is 14.2. The van der Waals surface area contributed by atoms with Crippen molar-refractivity contribution in [3.8, 4) is 0 Å². The van der Waals surface area contributed by atoms with Gasteiger partial charge in [-0.2, -0.15) is 0 Å². The molecule has 4 rings (SSSR count). The zero-order valence-corrected chi connectivity index (χ0v) is 17.0. The minimum atomic E-state index is -0.624. The Morgan fingerprint density at radius 1 is 1.03 bits per heavy atom. The number of halogens is 2. The largest absolute Gasteiger partial charge is 0.370 e. The number of nitrogens with one attached hydrogen (secondary N) is 1. The zero-order valence-electron chi connectivity index (χ0n) is 17.0. The summed E-state index contributed by atoms with van der Waals surface area (Å²) in [6.45, 7) is 0.747. The van der Waals surface area contributed by atoms with Crippen LogP contribution in [0.2, 0.25) is 0 Å². The van der Waals surface area contributed by atoms with E-state index in [9.17, 15) is 18.4 Å². The summed E-state index contributed by atoms with van der Waals surface area (Å²) in [6, 6.07) is 11.9. The summed E-state index contributed by atoms with van der Waals surface area (Å²) in [5.41, 5.74) is 0.839. The van der Waals surface area contributed by atoms with Gasteiger partial charge >= 0.3 is 0 Å². The maximum atomic E-state index is 14.2. The first-order valence-corrected chi connectivity index (χ1v) is 10.0. The van der Waals surface area contributed by atoms with Crippen LogP contribution in [-0.2, 0) is 11.3 Å². The molecule has 1 unspecified atom stereocenters. The van der Waals surface area contributed by atoms with Crippen molar-refractivity contribution in [2.24, 2.45) is 0 Å². The summed E-state index contributed by atoms with van der Waals surface area (Å²) in [7, 11) is 0. The van der Waals surface area contributed by atoms with Crippen LogP contribution in [0.15, 0.2) is 60.9 Å². The van der Waals surface area contributed by atoms with Crippen molar-refractivity contribution in [3.63, 3.8) is 0 Å². The first kappa shape index (κ1) is 21.5. The van der Waals surface area contributed by atoms with Crippen molar-refractivity contribution < 1.29 is 23.1 Å². The van der Waals surface area contributed by atoms with E-state index in [0.717, 1.165) is 0 Å². The molecular formula is C23H20F2N4O3. The number of morpholine rings is 1. The van der Waals surface area contributed by atoms with Crippen LogP contribution in [0.3, 0.4) is 0 Å². The minimum Gasteiger partial charge on any atom is -0.370 e. The van der Waals surface area contributed by atoms with Gasteiger partial charge in [0.1, 0.15) is 17.7 Å². The molecule has 3 aromatic rings. The van der Waals surface area contributed by atoms with Crippen LogP contribution in [0.25, 0.3) is 0 Å². The van der Waals surface area contributed by atoms with Gasteiger partial charge in [0.2, 0.25) is 0 Å². The molecule has 32 heavy (non-hydrogen) atoms. The highest BCUT2D eigenvalue weighted by Crippen LogP contribution is 2.25. The Balaban J connectivity index is 1.48. The number of hydrogen-bond donors (Lipinski definition) is 1. The number of rotatable bonds is 5. The van der Waals surface area contributed by atoms with Crippen molar-refractivity contribution in [2.45, 2.75) is 12.6 Å². The lowest BCUT2D eigenvalue weighted by Crippen LogP contribution is -2.43. The summed E-state index contributed by atoms with van der Waals surface area (Å²) in [5.74, 6) is -1.85. The second kappa shape index (κ2) is 9.61. The molecule has 0 radical (unpaired) electrons. The number of carbonyl (C=O) groups is 2. The highest BCUT2D eigenvalue weighted by atomic mass is 19.1. The lowest BCUT2D eigenvalue weighted by molar-refractivity contribution is -0.0245. The van der Waals surface area contributed by atoms with E-state index in [1.54, 1.807) is 30.3 Å². The fraction of sp³-hybridized carbons (Fsp3) is 0.217. The van der Waals surface area contributed by atoms with Crippen LogP contribution >= 0.6 is 0 Å². The summed E-state index contributed by atoms with van der Waals surface area (Å²) in [5, 5.41) is 2.67. The SMILES string of the molecule is O=C(NCc1ccc(F)cc1)c1nccnc1C(=O)N1CCOC(c2ccccc2F)C1. The first-order chi connectivity index (χ1) is 15.5. The fourth-order valence-corrected chi connectivity index (χ4v) is 3.44. The topological polar surface area (TPSA) is 84.4 Å². The van der Waals surface area contributed by atoms with Gasteiger partial charge in [0.05, 0.1) is 13.2 Å². The van der Waals surface area contributed by atoms with Crippen molar-refractivity contribution >= 4 is 11.8 Å². The number of hydrogen-bond acceptors (Lipinski definition) is 5. The van der Waals surface area contributed by atoms with E-state index in [0.29, 0.717) is 11.1 Å². The molecule has 0 bridgehead atoms. The van der Waals surface area contributed by atoms with E-state index in [1.807, 2.05) is 0 Å². The average molecular weight is 438 g/mol. The zero-order chi connectivity index (χ0) is 22.5. The normalized spacial score (nSPS) is 15.9. The van der Waals surface area contributed by atoms with Gasteiger partial charge in [-0.05, 0) is 23.8 Å². The van der Waals surface area contributed by atoms with Crippen LogP contribution in [0.5, 0.6) is 0 Å². The van der Waals surface area contributed by atoms with Crippen LogP contribution in [0, 0.1) is 11.6 Å². The second-order valence-corrected chi connectivity index (χ2v) is 7.19. The molecule has 2 heterocycles. The fourth-order valence-electron chi connectivity index (χ4n) is 3.44. The Labute approximate surface area is 183 Å². The predicted octanol–water partition coefficient (Wildman–Crippen LogP) is 2.90. The number of carbonyl (C=O) groups excluding carboxylic acids is 2. The number of amides is 2. The third-order valence-electron chi connectivity index (χ3n) is 5.09. The summed E-state index contributed by atoms with van der Waals surface area (Å²) in [6.07, 6.45) is 2.03. The quantitative estimate of drug-likeness (QED) is 0.662. The number of benzene rings is 2. The molecule has 2 aromatic carbocycles. The average Bonchev–Trinajstić information content (AvgIpc) is 2.83. The third kappa shape index (κ3) is 4.78. The number of aromatic nitrogens is 2.